The second kappa shape index (κ2) is 8.86. The van der Waals surface area contributed by atoms with Crippen molar-refractivity contribution in [2.24, 2.45) is 7.05 Å². The summed E-state index contributed by atoms with van der Waals surface area (Å²) in [5.74, 6) is 2.28. The second-order valence-corrected chi connectivity index (χ2v) is 8.17. The van der Waals surface area contributed by atoms with Crippen LogP contribution >= 0.6 is 0 Å². The van der Waals surface area contributed by atoms with Gasteiger partial charge in [0.15, 0.2) is 0 Å². The monoisotopic (exact) mass is 440 g/mol. The van der Waals surface area contributed by atoms with Crippen molar-refractivity contribution in [1.82, 2.24) is 19.5 Å². The van der Waals surface area contributed by atoms with Crippen molar-refractivity contribution in [1.29, 1.82) is 0 Å². The smallest absolute Gasteiger partial charge is 0.224 e. The highest BCUT2D eigenvalue weighted by Gasteiger charge is 2.08. The summed E-state index contributed by atoms with van der Waals surface area (Å²) in [6.45, 7) is 5.36. The molecule has 0 amide bonds. The van der Waals surface area contributed by atoms with Crippen LogP contribution in [0, 0.1) is 6.92 Å². The van der Waals surface area contributed by atoms with Crippen LogP contribution in [0.3, 0.4) is 0 Å². The molecule has 0 aliphatic carbocycles. The predicted molar refractivity (Wildman–Crippen MR) is 135 cm³/mol. The maximum atomic E-state index is 5.65. The number of anilines is 3. The van der Waals surface area contributed by atoms with E-state index in [0.29, 0.717) is 12.6 Å². The van der Waals surface area contributed by atoms with Crippen LogP contribution in [0.1, 0.15) is 18.2 Å². The predicted octanol–water partition coefficient (Wildman–Crippen LogP) is 5.55. The Morgan fingerprint density at radius 2 is 1.97 bits per heavy atom. The van der Waals surface area contributed by atoms with E-state index in [0.717, 1.165) is 41.4 Å². The number of aromatic nitrogens is 4. The van der Waals surface area contributed by atoms with Gasteiger partial charge in [-0.2, -0.15) is 4.98 Å². The summed E-state index contributed by atoms with van der Waals surface area (Å²) < 4.78 is 7.77. The molecule has 0 fully saturated rings. The lowest BCUT2D eigenvalue weighted by Crippen LogP contribution is -2.09. The first-order valence-corrected chi connectivity index (χ1v) is 11.2. The number of rotatable bonds is 8. The number of aromatic amines is 1. The lowest BCUT2D eigenvalue weighted by atomic mass is 10.1. The molecule has 0 spiro atoms. The van der Waals surface area contributed by atoms with Crippen LogP contribution in [0.15, 0.2) is 60.9 Å². The summed E-state index contributed by atoms with van der Waals surface area (Å²) in [6, 6.07) is 16.5. The standard InChI is InChI=1S/C26H28N6O/c1-4-33-21-6-7-23-22(15-21)19(16-28-23)9-11-27-26-29-17(2)13-25(31-26)30-20-5-8-24-18(14-20)10-12-32(24)3/h5-8,10,12-16,28H,4,9,11H2,1-3H3,(H2,27,29,30,31). The number of hydrogen-bond acceptors (Lipinski definition) is 5. The van der Waals surface area contributed by atoms with Crippen molar-refractivity contribution in [2.45, 2.75) is 20.3 Å². The SMILES string of the molecule is CCOc1ccc2[nH]cc(CCNc3nc(C)cc(Nc4ccc5c(ccn5C)c4)n3)c2c1. The van der Waals surface area contributed by atoms with Crippen LogP contribution in [-0.4, -0.2) is 32.7 Å². The first-order valence-electron chi connectivity index (χ1n) is 11.2. The minimum Gasteiger partial charge on any atom is -0.494 e. The molecule has 0 saturated heterocycles. The minimum atomic E-state index is 0.619. The molecular weight excluding hydrogens is 412 g/mol. The van der Waals surface area contributed by atoms with Crippen molar-refractivity contribution < 1.29 is 4.74 Å². The van der Waals surface area contributed by atoms with Crippen molar-refractivity contribution in [3.8, 4) is 5.75 Å². The summed E-state index contributed by atoms with van der Waals surface area (Å²) in [7, 11) is 2.05. The maximum absolute atomic E-state index is 5.65. The van der Waals surface area contributed by atoms with E-state index in [4.69, 9.17) is 4.74 Å². The zero-order valence-corrected chi connectivity index (χ0v) is 19.1. The first kappa shape index (κ1) is 20.9. The number of aryl methyl sites for hydroxylation is 2. The molecule has 33 heavy (non-hydrogen) atoms. The highest BCUT2D eigenvalue weighted by atomic mass is 16.5. The highest BCUT2D eigenvalue weighted by Crippen LogP contribution is 2.25. The molecule has 3 N–H and O–H groups in total. The van der Waals surface area contributed by atoms with Crippen LogP contribution in [0.4, 0.5) is 17.5 Å². The van der Waals surface area contributed by atoms with E-state index in [1.807, 2.05) is 26.0 Å². The molecule has 168 valence electrons. The van der Waals surface area contributed by atoms with Crippen molar-refractivity contribution in [3.63, 3.8) is 0 Å². The Labute approximate surface area is 192 Å². The van der Waals surface area contributed by atoms with Gasteiger partial charge in [0.25, 0.3) is 0 Å². The quantitative estimate of drug-likeness (QED) is 0.295. The molecule has 7 heteroatoms. The second-order valence-electron chi connectivity index (χ2n) is 8.17. The van der Waals surface area contributed by atoms with E-state index in [1.165, 1.54) is 21.9 Å². The molecular formula is C26H28N6O. The number of nitrogens with one attached hydrogen (secondary N) is 3. The van der Waals surface area contributed by atoms with Gasteiger partial charge in [-0.25, -0.2) is 4.98 Å². The van der Waals surface area contributed by atoms with Gasteiger partial charge >= 0.3 is 0 Å². The summed E-state index contributed by atoms with van der Waals surface area (Å²) in [5, 5.41) is 9.17. The van der Waals surface area contributed by atoms with E-state index < -0.39 is 0 Å². The van der Waals surface area contributed by atoms with Crippen LogP contribution in [0.25, 0.3) is 21.8 Å². The van der Waals surface area contributed by atoms with E-state index in [2.05, 4.69) is 86.0 Å². The third kappa shape index (κ3) is 4.48. The number of fused-ring (bicyclic) bond motifs is 2. The van der Waals surface area contributed by atoms with E-state index in [1.54, 1.807) is 0 Å². The van der Waals surface area contributed by atoms with Crippen molar-refractivity contribution in [2.75, 3.05) is 23.8 Å². The molecule has 7 nitrogen and oxygen atoms in total. The topological polar surface area (TPSA) is 79.8 Å². The molecule has 3 heterocycles. The van der Waals surface area contributed by atoms with Crippen molar-refractivity contribution >= 4 is 39.3 Å². The first-order chi connectivity index (χ1) is 16.1. The number of nitrogens with zero attached hydrogens (tertiary/aromatic N) is 3. The average Bonchev–Trinajstić information content (AvgIpc) is 3.37. The molecule has 0 unspecified atom stereocenters. The zero-order chi connectivity index (χ0) is 22.8. The highest BCUT2D eigenvalue weighted by molar-refractivity contribution is 5.85. The largest absolute Gasteiger partial charge is 0.494 e. The zero-order valence-electron chi connectivity index (χ0n) is 19.1. The van der Waals surface area contributed by atoms with Gasteiger partial charge in [-0.15, -0.1) is 0 Å². The van der Waals surface area contributed by atoms with Gasteiger partial charge in [-0.3, -0.25) is 0 Å². The van der Waals surface area contributed by atoms with Gasteiger partial charge in [-0.05, 0) is 68.3 Å². The minimum absolute atomic E-state index is 0.619. The Kier molecular flexibility index (Phi) is 5.60. The Morgan fingerprint density at radius 1 is 1.06 bits per heavy atom. The van der Waals surface area contributed by atoms with Gasteiger partial charge in [0.05, 0.1) is 6.61 Å². The molecule has 0 radical (unpaired) electrons. The molecule has 0 aliphatic heterocycles. The normalized spacial score (nSPS) is 11.2. The Bertz CT molecular complexity index is 1420. The molecule has 2 aromatic carbocycles. The lowest BCUT2D eigenvalue weighted by Gasteiger charge is -2.10. The third-order valence-corrected chi connectivity index (χ3v) is 5.74. The van der Waals surface area contributed by atoms with E-state index in [9.17, 15) is 0 Å². The van der Waals surface area contributed by atoms with E-state index in [-0.39, 0.29) is 0 Å². The molecule has 5 rings (SSSR count). The molecule has 0 atom stereocenters. The summed E-state index contributed by atoms with van der Waals surface area (Å²) in [5.41, 5.74) is 5.46. The number of ether oxygens (including phenoxy) is 1. The lowest BCUT2D eigenvalue weighted by molar-refractivity contribution is 0.340. The molecule has 3 aromatic heterocycles. The van der Waals surface area contributed by atoms with Crippen LogP contribution in [0.5, 0.6) is 5.75 Å². The fourth-order valence-corrected chi connectivity index (χ4v) is 4.15. The van der Waals surface area contributed by atoms with E-state index >= 15 is 0 Å². The Balaban J connectivity index is 1.27. The number of benzene rings is 2. The van der Waals surface area contributed by atoms with Crippen LogP contribution < -0.4 is 15.4 Å². The Morgan fingerprint density at radius 3 is 2.85 bits per heavy atom. The van der Waals surface area contributed by atoms with Gasteiger partial charge < -0.3 is 24.9 Å². The van der Waals surface area contributed by atoms with Gasteiger partial charge in [0.1, 0.15) is 11.6 Å². The Hall–Kier alpha value is -4.00. The molecule has 5 aromatic rings. The molecule has 0 bridgehead atoms. The fraction of sp³-hybridized carbons (Fsp3) is 0.231. The van der Waals surface area contributed by atoms with Gasteiger partial charge in [0.2, 0.25) is 5.95 Å². The number of hydrogen-bond donors (Lipinski definition) is 3. The van der Waals surface area contributed by atoms with Gasteiger partial charge in [-0.1, -0.05) is 0 Å². The van der Waals surface area contributed by atoms with Crippen LogP contribution in [0.2, 0.25) is 0 Å². The summed E-state index contributed by atoms with van der Waals surface area (Å²) >= 11 is 0. The fourth-order valence-electron chi connectivity index (χ4n) is 4.15. The maximum Gasteiger partial charge on any atom is 0.224 e. The van der Waals surface area contributed by atoms with Gasteiger partial charge in [0, 0.05) is 65.2 Å². The van der Waals surface area contributed by atoms with Crippen LogP contribution in [-0.2, 0) is 13.5 Å². The van der Waals surface area contributed by atoms with Crippen molar-refractivity contribution in [3.05, 3.63) is 72.2 Å². The molecule has 0 aliphatic rings. The molecule has 0 saturated carbocycles. The summed E-state index contributed by atoms with van der Waals surface area (Å²) in [4.78, 5) is 12.6. The third-order valence-electron chi connectivity index (χ3n) is 5.74. The number of H-pyrrole nitrogens is 1. The summed E-state index contributed by atoms with van der Waals surface area (Å²) in [6.07, 6.45) is 4.98. The average molecular weight is 441 g/mol.